The van der Waals surface area contributed by atoms with Crippen LogP contribution in [-0.4, -0.2) is 32.1 Å². The molecule has 0 radical (unpaired) electrons. The number of hydrogen-bond donors (Lipinski definition) is 2. The topological polar surface area (TPSA) is 50.4 Å². The summed E-state index contributed by atoms with van der Waals surface area (Å²) in [5.74, 6) is -0.797. The summed E-state index contributed by atoms with van der Waals surface area (Å²) in [5.41, 5.74) is 1.13. The van der Waals surface area contributed by atoms with Crippen LogP contribution in [0.4, 0.5) is 8.78 Å². The van der Waals surface area contributed by atoms with Gasteiger partial charge in [-0.2, -0.15) is 0 Å². The number of rotatable bonds is 4. The fraction of sp³-hybridized carbons (Fsp3) is 0.316. The number of methoxy groups -OCH3 is 1. The van der Waals surface area contributed by atoms with E-state index in [2.05, 4.69) is 10.6 Å². The van der Waals surface area contributed by atoms with Crippen molar-refractivity contribution in [2.24, 2.45) is 0 Å². The Hall–Kier alpha value is -2.18. The number of piperidine rings is 1. The van der Waals surface area contributed by atoms with Crippen molar-refractivity contribution in [3.63, 3.8) is 0 Å². The van der Waals surface area contributed by atoms with E-state index in [1.807, 2.05) is 0 Å². The molecule has 1 fully saturated rings. The fourth-order valence-electron chi connectivity index (χ4n) is 3.22. The summed E-state index contributed by atoms with van der Waals surface area (Å²) in [6.45, 7) is 1.41. The second-order valence-corrected chi connectivity index (χ2v) is 6.08. The predicted octanol–water partition coefficient (Wildman–Crippen LogP) is 3.27. The van der Waals surface area contributed by atoms with Crippen molar-refractivity contribution < 1.29 is 18.3 Å². The maximum atomic E-state index is 13.5. The smallest absolute Gasteiger partial charge is 0.255 e. The van der Waals surface area contributed by atoms with Gasteiger partial charge in [0.1, 0.15) is 17.4 Å². The van der Waals surface area contributed by atoms with Crippen molar-refractivity contribution in [1.82, 2.24) is 10.6 Å². The zero-order valence-electron chi connectivity index (χ0n) is 14.3. The lowest BCUT2D eigenvalue weighted by Gasteiger charge is -2.33. The number of carbonyl (C=O) groups is 1. The van der Waals surface area contributed by atoms with Gasteiger partial charge in [0.15, 0.2) is 0 Å². The lowest BCUT2D eigenvalue weighted by Crippen LogP contribution is -2.50. The van der Waals surface area contributed by atoms with Crippen LogP contribution in [0.25, 0.3) is 0 Å². The van der Waals surface area contributed by atoms with Crippen molar-refractivity contribution in [3.8, 4) is 5.75 Å². The van der Waals surface area contributed by atoms with E-state index in [1.54, 1.807) is 12.1 Å². The van der Waals surface area contributed by atoms with Crippen LogP contribution in [0.2, 0.25) is 0 Å². The zero-order chi connectivity index (χ0) is 17.8. The molecule has 0 saturated carbocycles. The molecule has 3 rings (SSSR count). The Labute approximate surface area is 157 Å². The highest BCUT2D eigenvalue weighted by molar-refractivity contribution is 5.97. The number of carbonyl (C=O) groups excluding carboxylic acids is 1. The molecule has 2 aromatic rings. The first-order chi connectivity index (χ1) is 12.1. The highest BCUT2D eigenvalue weighted by Crippen LogP contribution is 2.27. The van der Waals surface area contributed by atoms with Crippen LogP contribution in [-0.2, 0) is 0 Å². The average Bonchev–Trinajstić information content (AvgIpc) is 2.63. The van der Waals surface area contributed by atoms with Crippen molar-refractivity contribution >= 4 is 18.3 Å². The van der Waals surface area contributed by atoms with E-state index in [4.69, 9.17) is 4.74 Å². The molecule has 2 atom stereocenters. The van der Waals surface area contributed by atoms with Gasteiger partial charge in [0.25, 0.3) is 5.91 Å². The molecule has 0 aliphatic carbocycles. The quantitative estimate of drug-likeness (QED) is 0.853. The molecule has 0 aromatic heterocycles. The summed E-state index contributed by atoms with van der Waals surface area (Å²) in [6.07, 6.45) is 0.816. The number of halogens is 3. The normalized spacial score (nSPS) is 19.3. The molecule has 26 heavy (non-hydrogen) atoms. The molecule has 2 unspecified atom stereocenters. The third-order valence-electron chi connectivity index (χ3n) is 4.50. The van der Waals surface area contributed by atoms with Gasteiger partial charge in [-0.25, -0.2) is 8.78 Å². The van der Waals surface area contributed by atoms with Gasteiger partial charge in [-0.05, 0) is 48.9 Å². The van der Waals surface area contributed by atoms with Gasteiger partial charge < -0.3 is 15.4 Å². The van der Waals surface area contributed by atoms with E-state index in [0.29, 0.717) is 12.3 Å². The Bertz CT molecular complexity index is 756. The fourth-order valence-corrected chi connectivity index (χ4v) is 3.22. The summed E-state index contributed by atoms with van der Waals surface area (Å²) in [6, 6.07) is 10.00. The molecule has 1 heterocycles. The van der Waals surface area contributed by atoms with Crippen LogP contribution < -0.4 is 15.4 Å². The zero-order valence-corrected chi connectivity index (χ0v) is 15.1. The molecule has 4 nitrogen and oxygen atoms in total. The Morgan fingerprint density at radius 3 is 2.54 bits per heavy atom. The van der Waals surface area contributed by atoms with Crippen LogP contribution in [0, 0.1) is 11.6 Å². The molecule has 0 spiro atoms. The van der Waals surface area contributed by atoms with Gasteiger partial charge in [-0.1, -0.05) is 12.1 Å². The van der Waals surface area contributed by atoms with E-state index in [9.17, 15) is 13.6 Å². The third kappa shape index (κ3) is 4.51. The minimum Gasteiger partial charge on any atom is -0.496 e. The van der Waals surface area contributed by atoms with Gasteiger partial charge in [0.2, 0.25) is 0 Å². The standard InChI is InChI=1S/C19H20F2N2O2.ClH/c1-25-18-7-6-14(21)10-16(18)19(24)23-17-11-22-9-8-15(17)12-2-4-13(20)5-3-12;/h2-7,10,15,17,22H,8-9,11H2,1H3,(H,23,24);1H. The Balaban J connectivity index is 0.00000243. The summed E-state index contributed by atoms with van der Waals surface area (Å²) in [7, 11) is 1.44. The van der Waals surface area contributed by atoms with E-state index in [-0.39, 0.29) is 35.7 Å². The first-order valence-electron chi connectivity index (χ1n) is 8.19. The van der Waals surface area contributed by atoms with Gasteiger partial charge in [0, 0.05) is 18.5 Å². The first kappa shape index (κ1) is 20.1. The summed E-state index contributed by atoms with van der Waals surface area (Å²) >= 11 is 0. The molecule has 1 saturated heterocycles. The number of hydrogen-bond acceptors (Lipinski definition) is 3. The molecule has 140 valence electrons. The third-order valence-corrected chi connectivity index (χ3v) is 4.50. The second-order valence-electron chi connectivity index (χ2n) is 6.08. The summed E-state index contributed by atoms with van der Waals surface area (Å²) in [4.78, 5) is 12.6. The molecule has 1 aliphatic rings. The lowest BCUT2D eigenvalue weighted by molar-refractivity contribution is 0.0921. The molecular formula is C19H21ClF2N2O2. The predicted molar refractivity (Wildman–Crippen MR) is 98.1 cm³/mol. The largest absolute Gasteiger partial charge is 0.496 e. The Morgan fingerprint density at radius 2 is 1.85 bits per heavy atom. The SMILES string of the molecule is COc1ccc(F)cc1C(=O)NC1CNCCC1c1ccc(F)cc1.Cl. The van der Waals surface area contributed by atoms with Gasteiger partial charge in [-0.3, -0.25) is 4.79 Å². The maximum absolute atomic E-state index is 13.5. The molecule has 2 aromatic carbocycles. The van der Waals surface area contributed by atoms with Gasteiger partial charge >= 0.3 is 0 Å². The molecule has 2 N–H and O–H groups in total. The molecule has 0 bridgehead atoms. The number of ether oxygens (including phenoxy) is 1. The van der Waals surface area contributed by atoms with Crippen molar-refractivity contribution in [2.75, 3.05) is 20.2 Å². The van der Waals surface area contributed by atoms with Crippen LogP contribution in [0.15, 0.2) is 42.5 Å². The molecular weight excluding hydrogens is 362 g/mol. The van der Waals surface area contributed by atoms with Crippen LogP contribution >= 0.6 is 12.4 Å². The first-order valence-corrected chi connectivity index (χ1v) is 8.19. The molecule has 7 heteroatoms. The van der Waals surface area contributed by atoms with Crippen molar-refractivity contribution in [2.45, 2.75) is 18.4 Å². The Kier molecular flexibility index (Phi) is 6.94. The summed E-state index contributed by atoms with van der Waals surface area (Å²) in [5, 5.41) is 6.21. The minimum absolute atomic E-state index is 0. The Morgan fingerprint density at radius 1 is 1.15 bits per heavy atom. The molecule has 1 amide bonds. The summed E-state index contributed by atoms with van der Waals surface area (Å²) < 4.78 is 31.8. The number of nitrogens with one attached hydrogen (secondary N) is 2. The van der Waals surface area contributed by atoms with E-state index in [1.165, 1.54) is 31.4 Å². The van der Waals surface area contributed by atoms with Gasteiger partial charge in [0.05, 0.1) is 12.7 Å². The van der Waals surface area contributed by atoms with Crippen molar-refractivity contribution in [1.29, 1.82) is 0 Å². The van der Waals surface area contributed by atoms with Gasteiger partial charge in [-0.15, -0.1) is 12.4 Å². The highest BCUT2D eigenvalue weighted by Gasteiger charge is 2.28. The second kappa shape index (κ2) is 8.96. The number of amides is 1. The lowest BCUT2D eigenvalue weighted by atomic mass is 9.86. The monoisotopic (exact) mass is 382 g/mol. The van der Waals surface area contributed by atoms with E-state index >= 15 is 0 Å². The van der Waals surface area contributed by atoms with Crippen molar-refractivity contribution in [3.05, 3.63) is 65.2 Å². The number of benzene rings is 2. The minimum atomic E-state index is -0.497. The van der Waals surface area contributed by atoms with E-state index < -0.39 is 11.7 Å². The average molecular weight is 383 g/mol. The molecule has 1 aliphatic heterocycles. The van der Waals surface area contributed by atoms with E-state index in [0.717, 1.165) is 24.6 Å². The van der Waals surface area contributed by atoms with Crippen LogP contribution in [0.3, 0.4) is 0 Å². The highest BCUT2D eigenvalue weighted by atomic mass is 35.5. The maximum Gasteiger partial charge on any atom is 0.255 e. The van der Waals surface area contributed by atoms with Crippen LogP contribution in [0.5, 0.6) is 5.75 Å². The van der Waals surface area contributed by atoms with Crippen LogP contribution in [0.1, 0.15) is 28.3 Å².